The van der Waals surface area contributed by atoms with Gasteiger partial charge in [-0.25, -0.2) is 0 Å². The van der Waals surface area contributed by atoms with Crippen LogP contribution in [-0.4, -0.2) is 68.1 Å². The summed E-state index contributed by atoms with van der Waals surface area (Å²) in [4.78, 5) is 12.2. The van der Waals surface area contributed by atoms with Gasteiger partial charge in [0.05, 0.1) is 13.0 Å². The molecule has 0 aromatic rings. The summed E-state index contributed by atoms with van der Waals surface area (Å²) in [7, 11) is 0. The van der Waals surface area contributed by atoms with E-state index in [1.165, 1.54) is 70.6 Å². The molecule has 1 aliphatic heterocycles. The number of ether oxygens (including phenoxy) is 1. The Balaban J connectivity index is 2.06. The van der Waals surface area contributed by atoms with E-state index in [0.717, 1.165) is 12.8 Å². The molecule has 31 heavy (non-hydrogen) atoms. The second-order valence-corrected chi connectivity index (χ2v) is 9.17. The third-order valence-corrected chi connectivity index (χ3v) is 6.31. The molecular weight excluding hydrogens is 400 g/mol. The first-order valence-corrected chi connectivity index (χ1v) is 12.4. The molecule has 0 amide bonds. The minimum Gasteiger partial charge on any atom is -0.394 e. The van der Waals surface area contributed by atoms with Crippen LogP contribution in [0.2, 0.25) is 0 Å². The summed E-state index contributed by atoms with van der Waals surface area (Å²) in [5.41, 5.74) is 0. The number of ketones is 1. The van der Waals surface area contributed by atoms with Gasteiger partial charge in [0.25, 0.3) is 0 Å². The van der Waals surface area contributed by atoms with Crippen LogP contribution in [0.1, 0.15) is 110 Å². The van der Waals surface area contributed by atoms with Crippen LogP contribution in [0, 0.1) is 0 Å². The molecule has 0 saturated carbocycles. The monoisotopic (exact) mass is 446 g/mol. The fraction of sp³-hybridized carbons (Fsp3) is 0.958. The van der Waals surface area contributed by atoms with Gasteiger partial charge >= 0.3 is 0 Å². The molecule has 0 aromatic heterocycles. The molecule has 1 saturated heterocycles. The van der Waals surface area contributed by atoms with Crippen LogP contribution < -0.4 is 0 Å². The van der Waals surface area contributed by atoms with E-state index in [1.807, 2.05) is 0 Å². The van der Waals surface area contributed by atoms with Crippen molar-refractivity contribution in [1.29, 1.82) is 0 Å². The van der Waals surface area contributed by atoms with E-state index in [1.54, 1.807) is 0 Å². The van der Waals surface area contributed by atoms with Crippen molar-refractivity contribution in [2.45, 2.75) is 140 Å². The largest absolute Gasteiger partial charge is 0.394 e. The molecule has 1 heterocycles. The van der Waals surface area contributed by atoms with Gasteiger partial charge < -0.3 is 30.3 Å². The Kier molecular flexibility index (Phi) is 14.8. The number of hydrogen-bond donors (Lipinski definition) is 5. The SMILES string of the molecule is CCCCCCCCCCCCCCCCC(=O)C[C@@]1(O)O[C@H](CO)[C@@H](O)[C@H](O)[C@@H]1O. The van der Waals surface area contributed by atoms with Crippen LogP contribution in [0.3, 0.4) is 0 Å². The van der Waals surface area contributed by atoms with Gasteiger partial charge in [0.2, 0.25) is 5.79 Å². The van der Waals surface area contributed by atoms with E-state index in [4.69, 9.17) is 4.74 Å². The van der Waals surface area contributed by atoms with Crippen LogP contribution in [0.15, 0.2) is 0 Å². The number of unbranched alkanes of at least 4 members (excludes halogenated alkanes) is 13. The zero-order valence-electron chi connectivity index (χ0n) is 19.4. The summed E-state index contributed by atoms with van der Waals surface area (Å²) in [5, 5.41) is 49.2. The lowest BCUT2D eigenvalue weighted by Crippen LogP contribution is -2.65. The van der Waals surface area contributed by atoms with Gasteiger partial charge in [0.1, 0.15) is 30.2 Å². The smallest absolute Gasteiger partial charge is 0.202 e. The highest BCUT2D eigenvalue weighted by Crippen LogP contribution is 2.31. The van der Waals surface area contributed by atoms with Crippen LogP contribution in [-0.2, 0) is 9.53 Å². The normalized spacial score (nSPS) is 28.7. The zero-order chi connectivity index (χ0) is 23.1. The van der Waals surface area contributed by atoms with Crippen LogP contribution in [0.4, 0.5) is 0 Å². The second kappa shape index (κ2) is 16.1. The summed E-state index contributed by atoms with van der Waals surface area (Å²) in [6.45, 7) is 1.60. The molecule has 1 fully saturated rings. The molecular formula is C24H46O7. The Morgan fingerprint density at radius 2 is 1.23 bits per heavy atom. The first kappa shape index (κ1) is 28.5. The second-order valence-electron chi connectivity index (χ2n) is 9.17. The molecule has 0 radical (unpaired) electrons. The lowest BCUT2D eigenvalue weighted by molar-refractivity contribution is -0.347. The maximum Gasteiger partial charge on any atom is 0.202 e. The van der Waals surface area contributed by atoms with Crippen molar-refractivity contribution in [3.8, 4) is 0 Å². The summed E-state index contributed by atoms with van der Waals surface area (Å²) >= 11 is 0. The van der Waals surface area contributed by atoms with Gasteiger partial charge in [-0.1, -0.05) is 90.4 Å². The Morgan fingerprint density at radius 1 is 0.774 bits per heavy atom. The number of carbonyl (C=O) groups is 1. The number of hydrogen-bond acceptors (Lipinski definition) is 7. The molecule has 0 aromatic carbocycles. The molecule has 5 atom stereocenters. The highest BCUT2D eigenvalue weighted by molar-refractivity contribution is 5.79. The predicted molar refractivity (Wildman–Crippen MR) is 119 cm³/mol. The first-order valence-electron chi connectivity index (χ1n) is 12.4. The minimum atomic E-state index is -2.29. The average molecular weight is 447 g/mol. The molecule has 184 valence electrons. The van der Waals surface area contributed by atoms with Gasteiger partial charge in [0, 0.05) is 6.42 Å². The quantitative estimate of drug-likeness (QED) is 0.205. The van der Waals surface area contributed by atoms with Crippen molar-refractivity contribution in [2.24, 2.45) is 0 Å². The first-order chi connectivity index (χ1) is 14.9. The third-order valence-electron chi connectivity index (χ3n) is 6.31. The average Bonchev–Trinajstić information content (AvgIpc) is 2.75. The third kappa shape index (κ3) is 10.7. The minimum absolute atomic E-state index is 0.263. The number of rotatable bonds is 18. The molecule has 0 unspecified atom stereocenters. The van der Waals surface area contributed by atoms with Gasteiger partial charge in [0.15, 0.2) is 0 Å². The van der Waals surface area contributed by atoms with Crippen molar-refractivity contribution in [1.82, 2.24) is 0 Å². The van der Waals surface area contributed by atoms with Gasteiger partial charge in [-0.2, -0.15) is 0 Å². The maximum absolute atomic E-state index is 12.2. The van der Waals surface area contributed by atoms with Gasteiger partial charge in [-0.3, -0.25) is 4.79 Å². The van der Waals surface area contributed by atoms with Crippen LogP contribution >= 0.6 is 0 Å². The van der Waals surface area contributed by atoms with E-state index in [0.29, 0.717) is 6.42 Å². The highest BCUT2D eigenvalue weighted by Gasteiger charge is 2.53. The fourth-order valence-electron chi connectivity index (χ4n) is 4.25. The maximum atomic E-state index is 12.2. The van der Waals surface area contributed by atoms with Gasteiger partial charge in [-0.05, 0) is 6.42 Å². The van der Waals surface area contributed by atoms with Gasteiger partial charge in [-0.15, -0.1) is 0 Å². The fourth-order valence-corrected chi connectivity index (χ4v) is 4.25. The number of Topliss-reactive ketones (excluding diaryl/α,β-unsaturated/α-hetero) is 1. The Bertz CT molecular complexity index is 471. The Hall–Kier alpha value is -0.570. The number of carbonyl (C=O) groups excluding carboxylic acids is 1. The summed E-state index contributed by atoms with van der Waals surface area (Å²) in [5.74, 6) is -2.57. The van der Waals surface area contributed by atoms with E-state index in [-0.39, 0.29) is 12.2 Å². The van der Waals surface area contributed by atoms with Crippen molar-refractivity contribution in [3.63, 3.8) is 0 Å². The van der Waals surface area contributed by atoms with E-state index in [2.05, 4.69) is 6.92 Å². The summed E-state index contributed by atoms with van der Waals surface area (Å²) < 4.78 is 5.14. The lowest BCUT2D eigenvalue weighted by atomic mass is 9.89. The molecule has 7 nitrogen and oxygen atoms in total. The topological polar surface area (TPSA) is 127 Å². The summed E-state index contributed by atoms with van der Waals surface area (Å²) in [6.07, 6.45) is 10.7. The standard InChI is InChI=1S/C24H46O7/c1-2-3-4-5-6-7-8-9-10-11-12-13-14-15-16-19(26)17-24(30)23(29)22(28)21(27)20(18-25)31-24/h20-23,25,27-30H,2-18H2,1H3/t20-,21-,22+,23+,24-/m1/s1. The highest BCUT2D eigenvalue weighted by atomic mass is 16.7. The van der Waals surface area contributed by atoms with Crippen molar-refractivity contribution in [3.05, 3.63) is 0 Å². The molecule has 0 spiro atoms. The molecule has 5 N–H and O–H groups in total. The molecule has 1 aliphatic rings. The number of aliphatic hydroxyl groups excluding tert-OH is 4. The van der Waals surface area contributed by atoms with E-state index < -0.39 is 43.2 Å². The Labute approximate surface area is 187 Å². The van der Waals surface area contributed by atoms with Crippen molar-refractivity contribution >= 4 is 5.78 Å². The molecule has 0 aliphatic carbocycles. The van der Waals surface area contributed by atoms with E-state index in [9.17, 15) is 30.3 Å². The van der Waals surface area contributed by atoms with E-state index >= 15 is 0 Å². The predicted octanol–water partition coefficient (Wildman–Crippen LogP) is 2.98. The van der Waals surface area contributed by atoms with Crippen LogP contribution in [0.5, 0.6) is 0 Å². The molecule has 0 bridgehead atoms. The van der Waals surface area contributed by atoms with Crippen molar-refractivity contribution < 1.29 is 35.1 Å². The molecule has 1 rings (SSSR count). The number of aliphatic hydroxyl groups is 5. The molecule has 7 heteroatoms. The van der Waals surface area contributed by atoms with Crippen LogP contribution in [0.25, 0.3) is 0 Å². The van der Waals surface area contributed by atoms with Crippen molar-refractivity contribution in [2.75, 3.05) is 6.61 Å². The Morgan fingerprint density at radius 3 is 1.68 bits per heavy atom. The summed E-state index contributed by atoms with van der Waals surface area (Å²) in [6, 6.07) is 0. The zero-order valence-corrected chi connectivity index (χ0v) is 19.4. The lowest BCUT2D eigenvalue weighted by Gasteiger charge is -2.45.